The van der Waals surface area contributed by atoms with Crippen LogP contribution in [0, 0.1) is 11.3 Å². The molecule has 3 rings (SSSR count). The fourth-order valence-electron chi connectivity index (χ4n) is 4.48. The average molecular weight is 474 g/mol. The third kappa shape index (κ3) is 8.78. The molecule has 0 saturated heterocycles. The van der Waals surface area contributed by atoms with Crippen LogP contribution in [0.4, 0.5) is 0 Å². The van der Waals surface area contributed by atoms with E-state index < -0.39 is 0 Å². The molecule has 0 aliphatic heterocycles. The summed E-state index contributed by atoms with van der Waals surface area (Å²) < 4.78 is 0. The lowest BCUT2D eigenvalue weighted by molar-refractivity contribution is 0.202. The zero-order valence-electron chi connectivity index (χ0n) is 19.8. The van der Waals surface area contributed by atoms with Crippen LogP contribution in [-0.4, -0.2) is 34.8 Å². The van der Waals surface area contributed by atoms with Crippen LogP contribution in [0.5, 0.6) is 0 Å². The highest BCUT2D eigenvalue weighted by atomic mass is 35.5. The number of hydrogen-bond donors (Lipinski definition) is 0. The Balaban J connectivity index is 0.00000114. The van der Waals surface area contributed by atoms with Crippen LogP contribution in [-0.2, 0) is 12.8 Å². The van der Waals surface area contributed by atoms with Crippen molar-refractivity contribution in [1.82, 2.24) is 4.90 Å². The van der Waals surface area contributed by atoms with E-state index >= 15 is 0 Å². The van der Waals surface area contributed by atoms with Gasteiger partial charge in [-0.1, -0.05) is 61.5 Å². The van der Waals surface area contributed by atoms with Crippen LogP contribution in [0.3, 0.4) is 0 Å². The summed E-state index contributed by atoms with van der Waals surface area (Å²) in [5, 5.41) is 7.55. The fraction of sp³-hybridized carbons (Fsp3) is 0.536. The highest BCUT2D eigenvalue weighted by Gasteiger charge is 2.32. The molecule has 32 heavy (non-hydrogen) atoms. The summed E-state index contributed by atoms with van der Waals surface area (Å²) in [5.74, 6) is 0.519. The van der Waals surface area contributed by atoms with E-state index in [1.165, 1.54) is 43.0 Å². The predicted octanol–water partition coefficient (Wildman–Crippen LogP) is 7.58. The van der Waals surface area contributed by atoms with Crippen molar-refractivity contribution < 1.29 is 0 Å². The quantitative estimate of drug-likeness (QED) is 0.333. The van der Waals surface area contributed by atoms with Crippen molar-refractivity contribution in [3.05, 3.63) is 71.3 Å². The van der Waals surface area contributed by atoms with Gasteiger partial charge in [-0.2, -0.15) is 5.26 Å². The molecule has 1 aliphatic rings. The van der Waals surface area contributed by atoms with Gasteiger partial charge < -0.3 is 4.90 Å². The zero-order valence-corrected chi connectivity index (χ0v) is 21.3. The largest absolute Gasteiger partial charge is 0.300 e. The standard InChI is InChI=1S/C26H35Cl2N.C2H3N/c1-3-16-29(17-15-21-7-5-4-6-8-21)20(2)9-10-22-11-13-23(14-12-22)24-18-25(27)26(28)19-24;1-2-3/h4-8,11-14,20,24-26H,3,9-10,15-19H2,1-2H3;1H3. The number of alkyl halides is 2. The fourth-order valence-corrected chi connectivity index (χ4v) is 5.11. The molecule has 4 heteroatoms. The number of aryl methyl sites for hydroxylation is 1. The molecule has 0 bridgehead atoms. The van der Waals surface area contributed by atoms with Gasteiger partial charge in [-0.05, 0) is 74.6 Å². The SMILES string of the molecule is CC#N.CCCN(CCc1ccccc1)C(C)CCc1ccc(C2CC(Cl)C(Cl)C2)cc1. The number of hydrogen-bond acceptors (Lipinski definition) is 2. The van der Waals surface area contributed by atoms with Crippen molar-refractivity contribution in [2.24, 2.45) is 0 Å². The molecule has 0 radical (unpaired) electrons. The molecule has 2 aromatic rings. The van der Waals surface area contributed by atoms with Gasteiger partial charge in [-0.3, -0.25) is 0 Å². The highest BCUT2D eigenvalue weighted by Crippen LogP contribution is 2.40. The molecule has 3 atom stereocenters. The van der Waals surface area contributed by atoms with E-state index in [1.807, 2.05) is 0 Å². The van der Waals surface area contributed by atoms with Gasteiger partial charge in [0.05, 0.1) is 16.8 Å². The van der Waals surface area contributed by atoms with E-state index in [9.17, 15) is 0 Å². The number of benzene rings is 2. The summed E-state index contributed by atoms with van der Waals surface area (Å²) in [6.07, 6.45) is 6.67. The van der Waals surface area contributed by atoms with E-state index in [2.05, 4.69) is 73.3 Å². The van der Waals surface area contributed by atoms with Gasteiger partial charge >= 0.3 is 0 Å². The predicted molar refractivity (Wildman–Crippen MR) is 139 cm³/mol. The molecule has 2 nitrogen and oxygen atoms in total. The third-order valence-corrected chi connectivity index (χ3v) is 7.47. The van der Waals surface area contributed by atoms with Crippen molar-refractivity contribution in [2.75, 3.05) is 13.1 Å². The van der Waals surface area contributed by atoms with Crippen molar-refractivity contribution in [2.45, 2.75) is 82.0 Å². The molecule has 1 saturated carbocycles. The molecule has 0 N–H and O–H groups in total. The Kier molecular flexibility index (Phi) is 12.2. The minimum atomic E-state index is 0.114. The van der Waals surface area contributed by atoms with E-state index in [1.54, 1.807) is 6.07 Å². The van der Waals surface area contributed by atoms with Crippen molar-refractivity contribution >= 4 is 23.2 Å². The Labute approximate surface area is 205 Å². The Bertz CT molecular complexity index is 790. The second-order valence-electron chi connectivity index (χ2n) is 8.82. The van der Waals surface area contributed by atoms with Gasteiger partial charge in [0.25, 0.3) is 0 Å². The average Bonchev–Trinajstić information content (AvgIpc) is 3.14. The smallest absolute Gasteiger partial charge is 0.0587 e. The van der Waals surface area contributed by atoms with E-state index in [0.29, 0.717) is 12.0 Å². The molecule has 2 aromatic carbocycles. The Morgan fingerprint density at radius 2 is 1.50 bits per heavy atom. The van der Waals surface area contributed by atoms with E-state index in [-0.39, 0.29) is 10.8 Å². The minimum Gasteiger partial charge on any atom is -0.300 e. The zero-order chi connectivity index (χ0) is 23.3. The third-order valence-electron chi connectivity index (χ3n) is 6.38. The molecule has 174 valence electrons. The number of rotatable bonds is 10. The van der Waals surface area contributed by atoms with E-state index in [0.717, 1.165) is 32.2 Å². The summed E-state index contributed by atoms with van der Waals surface area (Å²) in [6.45, 7) is 8.40. The first-order valence-corrected chi connectivity index (χ1v) is 12.8. The van der Waals surface area contributed by atoms with Crippen LogP contribution < -0.4 is 0 Å². The van der Waals surface area contributed by atoms with Gasteiger partial charge in [-0.15, -0.1) is 23.2 Å². The van der Waals surface area contributed by atoms with E-state index in [4.69, 9.17) is 28.5 Å². The first kappa shape index (κ1) is 26.7. The van der Waals surface area contributed by atoms with Crippen LogP contribution in [0.25, 0.3) is 0 Å². The van der Waals surface area contributed by atoms with Crippen molar-refractivity contribution in [3.63, 3.8) is 0 Å². The molecule has 0 spiro atoms. The highest BCUT2D eigenvalue weighted by molar-refractivity contribution is 6.30. The van der Waals surface area contributed by atoms with Gasteiger partial charge in [0.1, 0.15) is 0 Å². The molecule has 0 amide bonds. The van der Waals surface area contributed by atoms with Crippen molar-refractivity contribution in [1.29, 1.82) is 5.26 Å². The van der Waals surface area contributed by atoms with Crippen LogP contribution in [0.1, 0.15) is 69.1 Å². The first-order chi connectivity index (χ1) is 15.5. The number of nitriles is 1. The summed E-state index contributed by atoms with van der Waals surface area (Å²) in [5.41, 5.74) is 4.26. The van der Waals surface area contributed by atoms with Gasteiger partial charge in [0.2, 0.25) is 0 Å². The van der Waals surface area contributed by atoms with Gasteiger partial charge in [0, 0.05) is 19.5 Å². The maximum atomic E-state index is 7.32. The molecule has 0 aromatic heterocycles. The van der Waals surface area contributed by atoms with Crippen molar-refractivity contribution in [3.8, 4) is 6.07 Å². The second kappa shape index (κ2) is 14.6. The lowest BCUT2D eigenvalue weighted by atomic mass is 9.95. The molecule has 1 aliphatic carbocycles. The summed E-state index contributed by atoms with van der Waals surface area (Å²) in [6, 6.07) is 22.4. The number of nitrogens with zero attached hydrogens (tertiary/aromatic N) is 2. The Morgan fingerprint density at radius 3 is 2.06 bits per heavy atom. The summed E-state index contributed by atoms with van der Waals surface area (Å²) in [4.78, 5) is 2.65. The van der Waals surface area contributed by atoms with Crippen LogP contribution >= 0.6 is 23.2 Å². The maximum Gasteiger partial charge on any atom is 0.0587 e. The number of halogens is 2. The lowest BCUT2D eigenvalue weighted by Crippen LogP contribution is -2.35. The first-order valence-electron chi connectivity index (χ1n) is 11.9. The molecule has 0 heterocycles. The monoisotopic (exact) mass is 472 g/mol. The summed E-state index contributed by atoms with van der Waals surface area (Å²) >= 11 is 12.6. The maximum absolute atomic E-state index is 7.32. The van der Waals surface area contributed by atoms with Gasteiger partial charge in [0.15, 0.2) is 0 Å². The molecule has 1 fully saturated rings. The normalized spacial score (nSPS) is 21.0. The minimum absolute atomic E-state index is 0.114. The topological polar surface area (TPSA) is 27.0 Å². The molecular formula is C28H38Cl2N2. The Hall–Kier alpha value is -1.53. The van der Waals surface area contributed by atoms with Gasteiger partial charge in [-0.25, -0.2) is 0 Å². The Morgan fingerprint density at radius 1 is 0.938 bits per heavy atom. The second-order valence-corrected chi connectivity index (χ2v) is 9.95. The summed E-state index contributed by atoms with van der Waals surface area (Å²) in [7, 11) is 0. The van der Waals surface area contributed by atoms with Crippen LogP contribution in [0.2, 0.25) is 0 Å². The molecular weight excluding hydrogens is 435 g/mol. The molecule has 3 unspecified atom stereocenters. The van der Waals surface area contributed by atoms with Crippen LogP contribution in [0.15, 0.2) is 54.6 Å². The lowest BCUT2D eigenvalue weighted by Gasteiger charge is -2.29.